The molecule has 1 heterocycles. The Kier molecular flexibility index (Phi) is 5.04. The second kappa shape index (κ2) is 6.60. The summed E-state index contributed by atoms with van der Waals surface area (Å²) in [4.78, 5) is 2.09. The highest BCUT2D eigenvalue weighted by molar-refractivity contribution is 7.08. The Bertz CT molecular complexity index is 547. The van der Waals surface area contributed by atoms with Crippen molar-refractivity contribution >= 4 is 17.0 Å². The molecule has 0 spiro atoms. The van der Waals surface area contributed by atoms with Gasteiger partial charge in [0.15, 0.2) is 0 Å². The fourth-order valence-corrected chi connectivity index (χ4v) is 2.99. The summed E-state index contributed by atoms with van der Waals surface area (Å²) in [7, 11) is 4.07. The summed E-state index contributed by atoms with van der Waals surface area (Å²) in [5.41, 5.74) is 2.55. The summed E-state index contributed by atoms with van der Waals surface area (Å²) in [6.07, 6.45) is 0. The van der Waals surface area contributed by atoms with Gasteiger partial charge in [-0.3, -0.25) is 0 Å². The third-order valence-corrected chi connectivity index (χ3v) is 4.49. The Morgan fingerprint density at radius 3 is 2.43 bits per heavy atom. The molecule has 2 rings (SSSR count). The van der Waals surface area contributed by atoms with Crippen molar-refractivity contribution in [2.45, 2.75) is 25.5 Å². The highest BCUT2D eigenvalue weighted by Crippen LogP contribution is 2.24. The van der Waals surface area contributed by atoms with Crippen molar-refractivity contribution in [3.8, 4) is 0 Å². The van der Waals surface area contributed by atoms with Gasteiger partial charge in [0.25, 0.3) is 0 Å². The van der Waals surface area contributed by atoms with Gasteiger partial charge in [-0.15, -0.1) is 0 Å². The second-order valence-electron chi connectivity index (χ2n) is 5.87. The van der Waals surface area contributed by atoms with Gasteiger partial charge in [0.1, 0.15) is 5.60 Å². The summed E-state index contributed by atoms with van der Waals surface area (Å²) in [5.74, 6) is 0. The van der Waals surface area contributed by atoms with E-state index in [0.29, 0.717) is 6.54 Å². The van der Waals surface area contributed by atoms with E-state index in [1.807, 2.05) is 37.8 Å². The van der Waals surface area contributed by atoms with E-state index in [2.05, 4.69) is 41.4 Å². The van der Waals surface area contributed by atoms with Crippen molar-refractivity contribution in [2.75, 3.05) is 25.5 Å². The zero-order valence-corrected chi connectivity index (χ0v) is 13.9. The number of hydrogen-bond acceptors (Lipinski definition) is 4. The Hall–Kier alpha value is -1.36. The Labute approximate surface area is 131 Å². The summed E-state index contributed by atoms with van der Waals surface area (Å²) >= 11 is 1.61. The van der Waals surface area contributed by atoms with Gasteiger partial charge >= 0.3 is 0 Å². The van der Waals surface area contributed by atoms with Crippen LogP contribution in [0.2, 0.25) is 0 Å². The van der Waals surface area contributed by atoms with Crippen LogP contribution < -0.4 is 10.2 Å². The van der Waals surface area contributed by atoms with Crippen LogP contribution in [0.25, 0.3) is 0 Å². The van der Waals surface area contributed by atoms with Crippen molar-refractivity contribution in [2.24, 2.45) is 0 Å². The summed E-state index contributed by atoms with van der Waals surface area (Å²) in [6, 6.07) is 10.7. The van der Waals surface area contributed by atoms with Crippen LogP contribution in [0.15, 0.2) is 41.1 Å². The molecule has 0 aliphatic carbocycles. The smallest absolute Gasteiger partial charge is 0.100 e. The molecule has 2 atom stereocenters. The van der Waals surface area contributed by atoms with Crippen molar-refractivity contribution in [1.82, 2.24) is 5.32 Å². The SMILES string of the molecule is CC(NCC(C)(O)c1ccsc1)c1ccc(N(C)C)cc1. The first-order valence-corrected chi connectivity index (χ1v) is 8.10. The number of rotatable bonds is 6. The van der Waals surface area contributed by atoms with Crippen molar-refractivity contribution < 1.29 is 5.11 Å². The molecule has 2 N–H and O–H groups in total. The van der Waals surface area contributed by atoms with Gasteiger partial charge in [-0.05, 0) is 53.9 Å². The van der Waals surface area contributed by atoms with Gasteiger partial charge in [-0.2, -0.15) is 11.3 Å². The third-order valence-electron chi connectivity index (χ3n) is 3.81. The molecule has 0 bridgehead atoms. The van der Waals surface area contributed by atoms with Crippen LogP contribution in [0.1, 0.15) is 31.0 Å². The van der Waals surface area contributed by atoms with E-state index >= 15 is 0 Å². The molecule has 2 aromatic rings. The predicted octanol–water partition coefficient (Wildman–Crippen LogP) is 3.37. The molecule has 0 saturated heterocycles. The van der Waals surface area contributed by atoms with Gasteiger partial charge < -0.3 is 15.3 Å². The van der Waals surface area contributed by atoms with E-state index in [4.69, 9.17) is 0 Å². The molecular formula is C17H24N2OS. The van der Waals surface area contributed by atoms with Gasteiger partial charge in [0.2, 0.25) is 0 Å². The summed E-state index contributed by atoms with van der Waals surface area (Å²) in [6.45, 7) is 4.50. The average molecular weight is 304 g/mol. The average Bonchev–Trinajstić information content (AvgIpc) is 3.00. The first kappa shape index (κ1) is 16.0. The zero-order chi connectivity index (χ0) is 15.5. The molecule has 0 radical (unpaired) electrons. The zero-order valence-electron chi connectivity index (χ0n) is 13.1. The fraction of sp³-hybridized carbons (Fsp3) is 0.412. The second-order valence-corrected chi connectivity index (χ2v) is 6.65. The largest absolute Gasteiger partial charge is 0.384 e. The summed E-state index contributed by atoms with van der Waals surface area (Å²) < 4.78 is 0. The van der Waals surface area contributed by atoms with E-state index in [-0.39, 0.29) is 6.04 Å². The lowest BCUT2D eigenvalue weighted by Gasteiger charge is -2.26. The minimum atomic E-state index is -0.835. The molecule has 114 valence electrons. The van der Waals surface area contributed by atoms with E-state index in [1.54, 1.807) is 11.3 Å². The van der Waals surface area contributed by atoms with Gasteiger partial charge in [-0.25, -0.2) is 0 Å². The number of aliphatic hydroxyl groups is 1. The standard InChI is InChI=1S/C17H24N2OS/c1-13(14-5-7-16(8-6-14)19(3)4)18-12-17(2,20)15-9-10-21-11-15/h5-11,13,18,20H,12H2,1-4H3. The number of nitrogens with one attached hydrogen (secondary N) is 1. The maximum absolute atomic E-state index is 10.5. The molecular weight excluding hydrogens is 280 g/mol. The van der Waals surface area contributed by atoms with E-state index in [1.165, 1.54) is 11.3 Å². The molecule has 4 heteroatoms. The van der Waals surface area contributed by atoms with Crippen LogP contribution >= 0.6 is 11.3 Å². The van der Waals surface area contributed by atoms with Gasteiger partial charge in [0, 0.05) is 32.4 Å². The molecule has 0 aliphatic heterocycles. The molecule has 0 fully saturated rings. The van der Waals surface area contributed by atoms with E-state index < -0.39 is 5.60 Å². The van der Waals surface area contributed by atoms with Crippen LogP contribution in [0.4, 0.5) is 5.69 Å². The highest BCUT2D eigenvalue weighted by atomic mass is 32.1. The monoisotopic (exact) mass is 304 g/mol. The van der Waals surface area contributed by atoms with E-state index in [0.717, 1.165) is 5.56 Å². The first-order valence-electron chi connectivity index (χ1n) is 7.16. The lowest BCUT2D eigenvalue weighted by molar-refractivity contribution is 0.0548. The lowest BCUT2D eigenvalue weighted by atomic mass is 9.98. The van der Waals surface area contributed by atoms with Crippen LogP contribution in [0.5, 0.6) is 0 Å². The minimum absolute atomic E-state index is 0.200. The molecule has 3 nitrogen and oxygen atoms in total. The van der Waals surface area contributed by atoms with E-state index in [9.17, 15) is 5.11 Å². The fourth-order valence-electron chi connectivity index (χ4n) is 2.20. The first-order chi connectivity index (χ1) is 9.90. The van der Waals surface area contributed by atoms with Crippen LogP contribution in [0, 0.1) is 0 Å². The van der Waals surface area contributed by atoms with Crippen molar-refractivity contribution in [3.63, 3.8) is 0 Å². The Balaban J connectivity index is 1.97. The summed E-state index contributed by atoms with van der Waals surface area (Å²) in [5, 5.41) is 17.9. The quantitative estimate of drug-likeness (QED) is 0.859. The highest BCUT2D eigenvalue weighted by Gasteiger charge is 2.24. The number of benzene rings is 1. The topological polar surface area (TPSA) is 35.5 Å². The number of nitrogens with zero attached hydrogens (tertiary/aromatic N) is 1. The molecule has 21 heavy (non-hydrogen) atoms. The number of hydrogen-bond donors (Lipinski definition) is 2. The van der Waals surface area contributed by atoms with Gasteiger partial charge in [0.05, 0.1) is 0 Å². The minimum Gasteiger partial charge on any atom is -0.384 e. The molecule has 1 aromatic heterocycles. The maximum atomic E-state index is 10.5. The lowest BCUT2D eigenvalue weighted by Crippen LogP contribution is -2.36. The van der Waals surface area contributed by atoms with Gasteiger partial charge in [-0.1, -0.05) is 12.1 Å². The Morgan fingerprint density at radius 2 is 1.90 bits per heavy atom. The molecule has 2 unspecified atom stereocenters. The maximum Gasteiger partial charge on any atom is 0.100 e. The Morgan fingerprint density at radius 1 is 1.24 bits per heavy atom. The number of anilines is 1. The molecule has 0 saturated carbocycles. The predicted molar refractivity (Wildman–Crippen MR) is 91.1 cm³/mol. The van der Waals surface area contributed by atoms with Crippen LogP contribution in [-0.4, -0.2) is 25.7 Å². The molecule has 0 amide bonds. The molecule has 1 aromatic carbocycles. The molecule has 0 aliphatic rings. The van der Waals surface area contributed by atoms with Crippen LogP contribution in [-0.2, 0) is 5.60 Å². The van der Waals surface area contributed by atoms with Crippen molar-refractivity contribution in [3.05, 3.63) is 52.2 Å². The van der Waals surface area contributed by atoms with Crippen LogP contribution in [0.3, 0.4) is 0 Å². The third kappa shape index (κ3) is 4.06. The number of thiophene rings is 1. The normalized spacial score (nSPS) is 15.5. The van der Waals surface area contributed by atoms with Crippen molar-refractivity contribution in [1.29, 1.82) is 0 Å².